The second-order valence-corrected chi connectivity index (χ2v) is 5.65. The van der Waals surface area contributed by atoms with E-state index < -0.39 is 0 Å². The van der Waals surface area contributed by atoms with Gasteiger partial charge in [-0.1, -0.05) is 28.1 Å². The van der Waals surface area contributed by atoms with E-state index in [9.17, 15) is 9.59 Å². The molecule has 5 heteroatoms. The molecule has 0 fully saturated rings. The average Bonchev–Trinajstić information content (AvgIpc) is 2.38. The Morgan fingerprint density at radius 2 is 2.17 bits per heavy atom. The van der Waals surface area contributed by atoms with Gasteiger partial charge in [-0.25, -0.2) is 0 Å². The zero-order chi connectivity index (χ0) is 13.5. The zero-order valence-electron chi connectivity index (χ0n) is 9.99. The summed E-state index contributed by atoms with van der Waals surface area (Å²) in [5.41, 5.74) is 0.899. The third kappa shape index (κ3) is 4.68. The van der Waals surface area contributed by atoms with Gasteiger partial charge in [-0.3, -0.25) is 9.59 Å². The predicted octanol–water partition coefficient (Wildman–Crippen LogP) is 3.29. The highest BCUT2D eigenvalue weighted by atomic mass is 127. The number of esters is 1. The fraction of sp³-hybridized carbons (Fsp3) is 0.385. The Morgan fingerprint density at radius 3 is 2.72 bits per heavy atom. The van der Waals surface area contributed by atoms with E-state index >= 15 is 0 Å². The van der Waals surface area contributed by atoms with Gasteiger partial charge in [0.25, 0.3) is 0 Å². The lowest BCUT2D eigenvalue weighted by Crippen LogP contribution is -2.16. The van der Waals surface area contributed by atoms with Gasteiger partial charge >= 0.3 is 5.97 Å². The normalized spacial score (nSPS) is 11.9. The van der Waals surface area contributed by atoms with Crippen molar-refractivity contribution in [2.45, 2.75) is 18.8 Å². The lowest BCUT2D eigenvalue weighted by atomic mass is 9.93. The number of hydrogen-bond donors (Lipinski definition) is 0. The molecule has 0 aromatic heterocycles. The Kier molecular flexibility index (Phi) is 6.85. The van der Waals surface area contributed by atoms with Gasteiger partial charge in [0.2, 0.25) is 0 Å². The van der Waals surface area contributed by atoms with Gasteiger partial charge in [0.15, 0.2) is 0 Å². The summed E-state index contributed by atoms with van der Waals surface area (Å²) in [6.45, 7) is 0. The quantitative estimate of drug-likeness (QED) is 0.400. The Morgan fingerprint density at radius 1 is 1.44 bits per heavy atom. The summed E-state index contributed by atoms with van der Waals surface area (Å²) in [6, 6.07) is 7.70. The molecule has 0 heterocycles. The third-order valence-corrected chi connectivity index (χ3v) is 3.89. The first kappa shape index (κ1) is 15.6. The van der Waals surface area contributed by atoms with E-state index in [-0.39, 0.29) is 17.7 Å². The van der Waals surface area contributed by atoms with Crippen LogP contribution in [0.15, 0.2) is 24.3 Å². The molecule has 0 saturated carbocycles. The Balaban J connectivity index is 2.85. The van der Waals surface area contributed by atoms with Crippen LogP contribution in [0.3, 0.4) is 0 Å². The summed E-state index contributed by atoms with van der Waals surface area (Å²) < 4.78 is 5.87. The van der Waals surface area contributed by atoms with Crippen molar-refractivity contribution in [1.29, 1.82) is 0 Å². The highest BCUT2D eigenvalue weighted by molar-refractivity contribution is 14.1. The van der Waals surface area contributed by atoms with Gasteiger partial charge in [0.05, 0.1) is 18.4 Å². The molecule has 98 valence electrons. The predicted molar refractivity (Wildman–Crippen MR) is 82.0 cm³/mol. The van der Waals surface area contributed by atoms with Crippen molar-refractivity contribution in [3.8, 4) is 0 Å². The van der Waals surface area contributed by atoms with Crippen molar-refractivity contribution in [2.75, 3.05) is 12.4 Å². The Hall–Kier alpha value is -0.430. The minimum atomic E-state index is -0.368. The van der Waals surface area contributed by atoms with Gasteiger partial charge in [0.1, 0.15) is 5.78 Å². The Labute approximate surface area is 129 Å². The molecule has 0 amide bonds. The molecule has 1 aromatic carbocycles. The molecule has 0 saturated heterocycles. The van der Waals surface area contributed by atoms with E-state index in [0.29, 0.717) is 18.2 Å². The van der Waals surface area contributed by atoms with Crippen molar-refractivity contribution in [3.05, 3.63) is 33.4 Å². The smallest absolute Gasteiger partial charge is 0.313 e. The topological polar surface area (TPSA) is 43.4 Å². The maximum atomic E-state index is 11.8. The first-order chi connectivity index (χ1) is 8.58. The van der Waals surface area contributed by atoms with Crippen LogP contribution in [0.25, 0.3) is 0 Å². The van der Waals surface area contributed by atoms with Gasteiger partial charge in [-0.05, 0) is 46.7 Å². The van der Waals surface area contributed by atoms with Crippen molar-refractivity contribution < 1.29 is 14.3 Å². The average molecular weight is 425 g/mol. The molecule has 0 bridgehead atoms. The van der Waals surface area contributed by atoms with E-state index in [1.807, 2.05) is 24.3 Å². The number of ether oxygens (including phenoxy) is 1. The number of methoxy groups -OCH3 is 1. The highest BCUT2D eigenvalue weighted by Crippen LogP contribution is 2.24. The summed E-state index contributed by atoms with van der Waals surface area (Å²) in [4.78, 5) is 23.1. The van der Waals surface area contributed by atoms with Crippen LogP contribution in [-0.4, -0.2) is 24.2 Å². The fourth-order valence-electron chi connectivity index (χ4n) is 1.66. The lowest BCUT2D eigenvalue weighted by molar-refractivity contribution is -0.142. The third-order valence-electron chi connectivity index (χ3n) is 2.60. The molecule has 18 heavy (non-hydrogen) atoms. The van der Waals surface area contributed by atoms with Crippen LogP contribution in [0.4, 0.5) is 0 Å². The summed E-state index contributed by atoms with van der Waals surface area (Å²) in [6.07, 6.45) is 0.855. The summed E-state index contributed by atoms with van der Waals surface area (Å²) in [5, 5.41) is 0.327. The molecule has 1 unspecified atom stereocenters. The van der Waals surface area contributed by atoms with Gasteiger partial charge < -0.3 is 4.74 Å². The maximum absolute atomic E-state index is 11.8. The van der Waals surface area contributed by atoms with E-state index in [1.54, 1.807) is 0 Å². The number of ketones is 1. The maximum Gasteiger partial charge on any atom is 0.313 e. The molecule has 1 atom stereocenters. The minimum Gasteiger partial charge on any atom is -0.469 e. The first-order valence-electron chi connectivity index (χ1n) is 5.49. The molecule has 0 spiro atoms. The number of halogens is 2. The van der Waals surface area contributed by atoms with Crippen LogP contribution < -0.4 is 0 Å². The monoisotopic (exact) mass is 424 g/mol. The van der Waals surface area contributed by atoms with E-state index in [4.69, 9.17) is 4.74 Å². The number of carbonyl (C=O) groups is 2. The fourth-order valence-corrected chi connectivity index (χ4v) is 2.51. The van der Waals surface area contributed by atoms with E-state index in [0.717, 1.165) is 9.13 Å². The number of hydrogen-bond acceptors (Lipinski definition) is 3. The van der Waals surface area contributed by atoms with Crippen molar-refractivity contribution in [3.63, 3.8) is 0 Å². The summed E-state index contributed by atoms with van der Waals surface area (Å²) >= 11 is 5.32. The number of alkyl halides is 1. The van der Waals surface area contributed by atoms with E-state index in [1.165, 1.54) is 7.11 Å². The lowest BCUT2D eigenvalue weighted by Gasteiger charge is -2.14. The first-order valence-corrected chi connectivity index (χ1v) is 7.69. The van der Waals surface area contributed by atoms with Gasteiger partial charge in [-0.15, -0.1) is 0 Å². The zero-order valence-corrected chi connectivity index (χ0v) is 13.7. The summed E-state index contributed by atoms with van der Waals surface area (Å²) in [7, 11) is 1.37. The number of rotatable bonds is 6. The highest BCUT2D eigenvalue weighted by Gasteiger charge is 2.22. The van der Waals surface area contributed by atoms with E-state index in [2.05, 4.69) is 38.5 Å². The van der Waals surface area contributed by atoms with Gasteiger partial charge in [-0.2, -0.15) is 0 Å². The van der Waals surface area contributed by atoms with Crippen LogP contribution in [-0.2, 0) is 14.3 Å². The second-order valence-electron chi connectivity index (χ2n) is 3.84. The number of carbonyl (C=O) groups excluding carboxylic acids is 2. The summed E-state index contributed by atoms with van der Waals surface area (Å²) in [5.74, 6) is -0.568. The van der Waals surface area contributed by atoms with Crippen molar-refractivity contribution in [2.24, 2.45) is 0 Å². The second kappa shape index (κ2) is 7.89. The minimum absolute atomic E-state index is 0.0922. The number of Topliss-reactive ketones (excluding diaryl/α,β-unsaturated/α-hetero) is 1. The largest absolute Gasteiger partial charge is 0.469 e. The standard InChI is InChI=1S/C13H14BrIO3/c1-18-13(17)12(6-5-11(16)8-14)9-3-2-4-10(15)7-9/h2-4,7,12H,5-6,8H2,1H3. The molecular weight excluding hydrogens is 411 g/mol. The molecule has 0 aliphatic heterocycles. The van der Waals surface area contributed by atoms with Crippen molar-refractivity contribution >= 4 is 50.3 Å². The van der Waals surface area contributed by atoms with Gasteiger partial charge in [0, 0.05) is 9.99 Å². The molecule has 3 nitrogen and oxygen atoms in total. The molecule has 1 rings (SSSR count). The van der Waals surface area contributed by atoms with Crippen LogP contribution in [0.1, 0.15) is 24.3 Å². The molecular formula is C13H14BrIO3. The van der Waals surface area contributed by atoms with Crippen molar-refractivity contribution in [1.82, 2.24) is 0 Å². The molecule has 0 aliphatic rings. The molecule has 0 aliphatic carbocycles. The molecule has 0 radical (unpaired) electrons. The SMILES string of the molecule is COC(=O)C(CCC(=O)CBr)c1cccc(I)c1. The Bertz CT molecular complexity index is 434. The molecule has 1 aromatic rings. The molecule has 0 N–H and O–H groups in total. The van der Waals surface area contributed by atoms with Crippen LogP contribution in [0, 0.1) is 3.57 Å². The number of benzene rings is 1. The van der Waals surface area contributed by atoms with Crippen LogP contribution in [0.2, 0.25) is 0 Å². The van der Waals surface area contributed by atoms with Crippen LogP contribution >= 0.6 is 38.5 Å². The van der Waals surface area contributed by atoms with Crippen LogP contribution in [0.5, 0.6) is 0 Å².